The lowest BCUT2D eigenvalue weighted by Crippen LogP contribution is -2.48. The van der Waals surface area contributed by atoms with Gasteiger partial charge >= 0.3 is 0 Å². The first-order valence-corrected chi connectivity index (χ1v) is 8.07. The van der Waals surface area contributed by atoms with Crippen LogP contribution in [-0.4, -0.2) is 58.4 Å². The number of rotatable bonds is 4. The van der Waals surface area contributed by atoms with Crippen molar-refractivity contribution in [3.05, 3.63) is 59.4 Å². The van der Waals surface area contributed by atoms with Crippen LogP contribution in [-0.2, 0) is 0 Å². The van der Waals surface area contributed by atoms with Crippen molar-refractivity contribution >= 4 is 12.0 Å². The second-order valence-electron chi connectivity index (χ2n) is 5.92. The number of amides is 1. The smallest absolute Gasteiger partial charge is 0.274 e. The van der Waals surface area contributed by atoms with E-state index >= 15 is 0 Å². The van der Waals surface area contributed by atoms with Crippen LogP contribution in [0.1, 0.15) is 21.7 Å². The molecule has 0 unspecified atom stereocenters. The van der Waals surface area contributed by atoms with Gasteiger partial charge in [-0.1, -0.05) is 24.3 Å². The van der Waals surface area contributed by atoms with Crippen molar-refractivity contribution in [1.29, 1.82) is 0 Å². The SMILES string of the molecule is Cc1[nH]cnc1C(=O)N1CCN(C/C=C/c2ccc(F)cc2)CC1. The van der Waals surface area contributed by atoms with E-state index < -0.39 is 0 Å². The number of aromatic amines is 1. The Bertz CT molecular complexity index is 715. The van der Waals surface area contributed by atoms with Crippen LogP contribution >= 0.6 is 0 Å². The van der Waals surface area contributed by atoms with Gasteiger partial charge in [-0.25, -0.2) is 9.37 Å². The minimum atomic E-state index is -0.222. The summed E-state index contributed by atoms with van der Waals surface area (Å²) >= 11 is 0. The minimum absolute atomic E-state index is 0.00439. The predicted octanol–water partition coefficient (Wildman–Crippen LogP) is 2.33. The summed E-state index contributed by atoms with van der Waals surface area (Å²) in [7, 11) is 0. The molecule has 3 rings (SSSR count). The zero-order valence-electron chi connectivity index (χ0n) is 13.7. The summed E-state index contributed by atoms with van der Waals surface area (Å²) in [5, 5.41) is 0. The molecular weight excluding hydrogens is 307 g/mol. The van der Waals surface area contributed by atoms with Crippen molar-refractivity contribution in [1.82, 2.24) is 19.8 Å². The van der Waals surface area contributed by atoms with Crippen LogP contribution in [0.2, 0.25) is 0 Å². The van der Waals surface area contributed by atoms with Crippen LogP contribution in [0.3, 0.4) is 0 Å². The number of hydrogen-bond donors (Lipinski definition) is 1. The van der Waals surface area contributed by atoms with E-state index in [0.29, 0.717) is 18.8 Å². The third kappa shape index (κ3) is 3.89. The second-order valence-corrected chi connectivity index (χ2v) is 5.92. The molecule has 0 spiro atoms. The summed E-state index contributed by atoms with van der Waals surface area (Å²) in [6.45, 7) is 5.76. The number of aromatic nitrogens is 2. The third-order valence-corrected chi connectivity index (χ3v) is 4.24. The van der Waals surface area contributed by atoms with Gasteiger partial charge in [-0.15, -0.1) is 0 Å². The van der Waals surface area contributed by atoms with Crippen molar-refractivity contribution in [3.63, 3.8) is 0 Å². The summed E-state index contributed by atoms with van der Waals surface area (Å²) in [5.74, 6) is -0.227. The largest absolute Gasteiger partial charge is 0.348 e. The van der Waals surface area contributed by atoms with Crippen LogP contribution in [0.5, 0.6) is 0 Å². The normalized spacial score (nSPS) is 16.0. The number of benzene rings is 1. The van der Waals surface area contributed by atoms with Gasteiger partial charge in [0.1, 0.15) is 11.5 Å². The average molecular weight is 328 g/mol. The van der Waals surface area contributed by atoms with Crippen LogP contribution in [0.25, 0.3) is 6.08 Å². The number of carbonyl (C=O) groups excluding carboxylic acids is 1. The average Bonchev–Trinajstić information content (AvgIpc) is 3.03. The maximum Gasteiger partial charge on any atom is 0.274 e. The van der Waals surface area contributed by atoms with Gasteiger partial charge in [-0.3, -0.25) is 9.69 Å². The highest BCUT2D eigenvalue weighted by atomic mass is 19.1. The predicted molar refractivity (Wildman–Crippen MR) is 91.1 cm³/mol. The molecule has 24 heavy (non-hydrogen) atoms. The Labute approximate surface area is 140 Å². The van der Waals surface area contributed by atoms with Crippen molar-refractivity contribution in [2.75, 3.05) is 32.7 Å². The fourth-order valence-electron chi connectivity index (χ4n) is 2.77. The van der Waals surface area contributed by atoms with Gasteiger partial charge in [-0.05, 0) is 24.6 Å². The number of nitrogens with one attached hydrogen (secondary N) is 1. The quantitative estimate of drug-likeness (QED) is 0.937. The van der Waals surface area contributed by atoms with E-state index in [2.05, 4.69) is 20.9 Å². The third-order valence-electron chi connectivity index (χ3n) is 4.24. The maximum atomic E-state index is 12.9. The van der Waals surface area contributed by atoms with E-state index in [1.54, 1.807) is 18.5 Å². The molecule has 0 bridgehead atoms. The summed E-state index contributed by atoms with van der Waals surface area (Å²) in [5.41, 5.74) is 2.31. The monoisotopic (exact) mass is 328 g/mol. The number of hydrogen-bond acceptors (Lipinski definition) is 3. The molecule has 0 atom stereocenters. The van der Waals surface area contributed by atoms with E-state index in [-0.39, 0.29) is 11.7 Å². The molecule has 5 nitrogen and oxygen atoms in total. The fourth-order valence-corrected chi connectivity index (χ4v) is 2.77. The first-order chi connectivity index (χ1) is 11.6. The van der Waals surface area contributed by atoms with Crippen LogP contribution in [0, 0.1) is 12.7 Å². The molecule has 1 N–H and O–H groups in total. The van der Waals surface area contributed by atoms with Crippen LogP contribution in [0.15, 0.2) is 36.7 Å². The van der Waals surface area contributed by atoms with Gasteiger partial charge in [-0.2, -0.15) is 0 Å². The molecule has 0 aliphatic carbocycles. The zero-order valence-corrected chi connectivity index (χ0v) is 13.7. The highest BCUT2D eigenvalue weighted by molar-refractivity contribution is 5.93. The first-order valence-electron chi connectivity index (χ1n) is 8.07. The lowest BCUT2D eigenvalue weighted by molar-refractivity contribution is 0.0644. The highest BCUT2D eigenvalue weighted by Crippen LogP contribution is 2.10. The Morgan fingerprint density at radius 3 is 2.58 bits per heavy atom. The zero-order chi connectivity index (χ0) is 16.9. The highest BCUT2D eigenvalue weighted by Gasteiger charge is 2.23. The van der Waals surface area contributed by atoms with Crippen molar-refractivity contribution in [2.45, 2.75) is 6.92 Å². The van der Waals surface area contributed by atoms with Gasteiger partial charge in [0, 0.05) is 38.4 Å². The van der Waals surface area contributed by atoms with Crippen molar-refractivity contribution in [3.8, 4) is 0 Å². The number of H-pyrrole nitrogens is 1. The number of piperazine rings is 1. The summed E-state index contributed by atoms with van der Waals surface area (Å²) < 4.78 is 12.9. The van der Waals surface area contributed by atoms with Gasteiger partial charge in [0.25, 0.3) is 5.91 Å². The summed E-state index contributed by atoms with van der Waals surface area (Å²) in [4.78, 5) is 23.6. The Hall–Kier alpha value is -2.47. The van der Waals surface area contributed by atoms with Gasteiger partial charge < -0.3 is 9.88 Å². The number of carbonyl (C=O) groups is 1. The topological polar surface area (TPSA) is 52.2 Å². The molecule has 6 heteroatoms. The molecule has 1 aliphatic heterocycles. The number of nitrogens with zero attached hydrogens (tertiary/aromatic N) is 3. The van der Waals surface area contributed by atoms with E-state index in [4.69, 9.17) is 0 Å². The molecule has 1 aliphatic rings. The Kier molecular flexibility index (Phi) is 5.05. The molecule has 1 amide bonds. The van der Waals surface area contributed by atoms with Crippen LogP contribution < -0.4 is 0 Å². The van der Waals surface area contributed by atoms with Gasteiger partial charge in [0.05, 0.1) is 6.33 Å². The number of halogens is 1. The molecule has 0 radical (unpaired) electrons. The maximum absolute atomic E-state index is 12.9. The fraction of sp³-hybridized carbons (Fsp3) is 0.333. The molecule has 0 saturated carbocycles. The molecule has 2 heterocycles. The standard InChI is InChI=1S/C18H21FN4O/c1-14-17(21-13-20-14)18(24)23-11-9-22(10-12-23)8-2-3-15-4-6-16(19)7-5-15/h2-7,13H,8-12H2,1H3,(H,20,21)/b3-2+. The van der Waals surface area contributed by atoms with E-state index in [1.165, 1.54) is 12.1 Å². The molecule has 1 fully saturated rings. The molecular formula is C18H21FN4O. The first kappa shape index (κ1) is 16.4. The molecule has 2 aromatic rings. The van der Waals surface area contributed by atoms with Gasteiger partial charge in [0.15, 0.2) is 0 Å². The number of aryl methyl sites for hydroxylation is 1. The lowest BCUT2D eigenvalue weighted by Gasteiger charge is -2.33. The van der Waals surface area contributed by atoms with E-state index in [9.17, 15) is 9.18 Å². The molecule has 1 aromatic carbocycles. The Morgan fingerprint density at radius 2 is 1.96 bits per heavy atom. The number of imidazole rings is 1. The molecule has 1 aromatic heterocycles. The summed E-state index contributed by atoms with van der Waals surface area (Å²) in [6.07, 6.45) is 5.62. The summed E-state index contributed by atoms with van der Waals surface area (Å²) in [6, 6.07) is 6.44. The Balaban J connectivity index is 1.48. The lowest BCUT2D eigenvalue weighted by atomic mass is 10.2. The van der Waals surface area contributed by atoms with Crippen molar-refractivity contribution in [2.24, 2.45) is 0 Å². The van der Waals surface area contributed by atoms with E-state index in [1.807, 2.05) is 17.9 Å². The molecule has 1 saturated heterocycles. The Morgan fingerprint density at radius 1 is 1.25 bits per heavy atom. The van der Waals surface area contributed by atoms with Gasteiger partial charge in [0.2, 0.25) is 0 Å². The molecule has 126 valence electrons. The van der Waals surface area contributed by atoms with Crippen LogP contribution in [0.4, 0.5) is 4.39 Å². The second kappa shape index (κ2) is 7.40. The minimum Gasteiger partial charge on any atom is -0.348 e. The van der Waals surface area contributed by atoms with Crippen molar-refractivity contribution < 1.29 is 9.18 Å². The van der Waals surface area contributed by atoms with E-state index in [0.717, 1.165) is 30.9 Å².